The molecular formula is C26H24N4O4S3. The van der Waals surface area contributed by atoms with Gasteiger partial charge in [-0.25, -0.2) is 14.8 Å². The lowest BCUT2D eigenvalue weighted by molar-refractivity contribution is 0.103. The quantitative estimate of drug-likeness (QED) is 0.245. The van der Waals surface area contributed by atoms with Crippen LogP contribution in [0.3, 0.4) is 0 Å². The Bertz CT molecular complexity index is 1590. The molecule has 0 saturated heterocycles. The van der Waals surface area contributed by atoms with Gasteiger partial charge in [-0.2, -0.15) is 0 Å². The Morgan fingerprint density at radius 2 is 1.95 bits per heavy atom. The van der Waals surface area contributed by atoms with Crippen LogP contribution in [0.15, 0.2) is 36.4 Å². The van der Waals surface area contributed by atoms with Gasteiger partial charge < -0.3 is 24.4 Å². The fourth-order valence-corrected chi connectivity index (χ4v) is 7.82. The van der Waals surface area contributed by atoms with Crippen LogP contribution >= 0.6 is 34.0 Å². The Hall–Kier alpha value is -3.41. The van der Waals surface area contributed by atoms with E-state index in [2.05, 4.69) is 11.4 Å². The number of hydrogen-bond acceptors (Lipinski definition) is 10. The molecule has 0 spiro atoms. The van der Waals surface area contributed by atoms with Crippen molar-refractivity contribution in [3.05, 3.63) is 46.8 Å². The van der Waals surface area contributed by atoms with E-state index >= 15 is 0 Å². The highest BCUT2D eigenvalue weighted by Gasteiger charge is 2.30. The van der Waals surface area contributed by atoms with E-state index in [0.717, 1.165) is 58.2 Å². The lowest BCUT2D eigenvalue weighted by atomic mass is 10.0. The van der Waals surface area contributed by atoms with Crippen molar-refractivity contribution in [1.82, 2.24) is 14.9 Å². The molecule has 0 radical (unpaired) electrons. The fraction of sp³-hybridized carbons (Fsp3) is 0.269. The summed E-state index contributed by atoms with van der Waals surface area (Å²) in [5, 5.41) is 6.27. The number of thiazole rings is 2. The van der Waals surface area contributed by atoms with Gasteiger partial charge in [0.25, 0.3) is 0 Å². The molecule has 0 fully saturated rings. The Labute approximate surface area is 225 Å². The van der Waals surface area contributed by atoms with E-state index in [9.17, 15) is 4.79 Å². The number of nitrogens with one attached hydrogen (secondary N) is 1. The molecule has 0 saturated carbocycles. The lowest BCUT2D eigenvalue weighted by Crippen LogP contribution is -2.35. The third kappa shape index (κ3) is 4.36. The molecule has 0 atom stereocenters. The first kappa shape index (κ1) is 24.0. The first-order valence-corrected chi connectivity index (χ1v) is 14.2. The summed E-state index contributed by atoms with van der Waals surface area (Å²) in [5.41, 5.74) is 4.09. The number of para-hydroxylation sites is 1. The van der Waals surface area contributed by atoms with Crippen LogP contribution in [0.2, 0.25) is 0 Å². The maximum atomic E-state index is 12.4. The van der Waals surface area contributed by atoms with E-state index in [1.54, 1.807) is 53.1 Å². The number of nitrogens with zero attached hydrogens (tertiary/aromatic N) is 3. The van der Waals surface area contributed by atoms with Gasteiger partial charge >= 0.3 is 6.09 Å². The zero-order chi connectivity index (χ0) is 25.5. The summed E-state index contributed by atoms with van der Waals surface area (Å²) in [4.78, 5) is 25.2. The van der Waals surface area contributed by atoms with E-state index in [4.69, 9.17) is 24.2 Å². The van der Waals surface area contributed by atoms with Crippen LogP contribution in [-0.2, 0) is 17.7 Å². The van der Waals surface area contributed by atoms with Gasteiger partial charge in [0, 0.05) is 23.1 Å². The standard InChI is InChI=1S/C26H24N4O4S3/c1-4-34-26(31)30-10-9-15-20(13-30)36-24(21(15)23-27-16-7-5-6-8-18(16)35-23)29-25-28-22-17(33-3)11-14(32-2)12-19(22)37-25/h5-8,11-12H,4,9-10,13H2,1-3H3,(H,28,29). The van der Waals surface area contributed by atoms with E-state index < -0.39 is 0 Å². The van der Waals surface area contributed by atoms with Crippen LogP contribution < -0.4 is 14.8 Å². The second-order valence-corrected chi connectivity index (χ2v) is 11.6. The average Bonchev–Trinajstić information content (AvgIpc) is 3.61. The summed E-state index contributed by atoms with van der Waals surface area (Å²) in [6.45, 7) is 3.32. The smallest absolute Gasteiger partial charge is 0.410 e. The molecule has 0 bridgehead atoms. The van der Waals surface area contributed by atoms with E-state index in [0.29, 0.717) is 25.4 Å². The zero-order valence-corrected chi connectivity index (χ0v) is 22.9. The van der Waals surface area contributed by atoms with Gasteiger partial charge in [0.05, 0.1) is 42.3 Å². The molecule has 1 amide bonds. The SMILES string of the molecule is CCOC(=O)N1CCc2c(sc(Nc3nc4c(OC)cc(OC)cc4s3)c2-c2nc3ccccc3s2)C1. The number of hydrogen-bond donors (Lipinski definition) is 1. The van der Waals surface area contributed by atoms with Crippen LogP contribution in [0, 0.1) is 0 Å². The average molecular weight is 553 g/mol. The van der Waals surface area contributed by atoms with Crippen molar-refractivity contribution in [3.63, 3.8) is 0 Å². The topological polar surface area (TPSA) is 85.8 Å². The summed E-state index contributed by atoms with van der Waals surface area (Å²) in [7, 11) is 3.27. The van der Waals surface area contributed by atoms with Crippen LogP contribution in [0.5, 0.6) is 11.5 Å². The van der Waals surface area contributed by atoms with Crippen LogP contribution in [0.25, 0.3) is 31.0 Å². The molecule has 37 heavy (non-hydrogen) atoms. The minimum absolute atomic E-state index is 0.273. The Morgan fingerprint density at radius 1 is 1.08 bits per heavy atom. The number of rotatable bonds is 6. The van der Waals surface area contributed by atoms with Gasteiger partial charge in [0.15, 0.2) is 5.13 Å². The summed E-state index contributed by atoms with van der Waals surface area (Å²) in [6.07, 6.45) is 0.465. The van der Waals surface area contributed by atoms with Gasteiger partial charge in [0.2, 0.25) is 0 Å². The van der Waals surface area contributed by atoms with Gasteiger partial charge in [-0.3, -0.25) is 0 Å². The van der Waals surface area contributed by atoms with Crippen molar-refractivity contribution in [2.75, 3.05) is 32.7 Å². The lowest BCUT2D eigenvalue weighted by Gasteiger charge is -2.26. The second-order valence-electron chi connectivity index (χ2n) is 8.39. The summed E-state index contributed by atoms with van der Waals surface area (Å²) in [5.74, 6) is 1.39. The molecule has 3 aromatic heterocycles. The van der Waals surface area contributed by atoms with Crippen molar-refractivity contribution >= 4 is 70.7 Å². The minimum atomic E-state index is -0.273. The summed E-state index contributed by atoms with van der Waals surface area (Å²) >= 11 is 4.87. The van der Waals surface area contributed by atoms with E-state index in [-0.39, 0.29) is 6.09 Å². The van der Waals surface area contributed by atoms with Crippen molar-refractivity contribution in [2.45, 2.75) is 19.9 Å². The molecule has 190 valence electrons. The molecule has 8 nitrogen and oxygen atoms in total. The summed E-state index contributed by atoms with van der Waals surface area (Å²) < 4.78 is 18.4. The number of carbonyl (C=O) groups excluding carboxylic acids is 1. The molecule has 0 unspecified atom stereocenters. The highest BCUT2D eigenvalue weighted by molar-refractivity contribution is 7.24. The third-order valence-electron chi connectivity index (χ3n) is 6.20. The molecule has 11 heteroatoms. The van der Waals surface area contributed by atoms with Crippen molar-refractivity contribution in [1.29, 1.82) is 0 Å². The number of anilines is 2. The van der Waals surface area contributed by atoms with Gasteiger partial charge in [-0.1, -0.05) is 23.5 Å². The largest absolute Gasteiger partial charge is 0.497 e. The number of amides is 1. The predicted octanol–water partition coefficient (Wildman–Crippen LogP) is 6.91. The molecule has 6 rings (SSSR count). The Balaban J connectivity index is 1.44. The van der Waals surface area contributed by atoms with Crippen molar-refractivity contribution in [2.24, 2.45) is 0 Å². The second kappa shape index (κ2) is 9.81. The normalized spacial score (nSPS) is 13.1. The molecule has 1 aliphatic heterocycles. The number of thiophene rings is 1. The number of aromatic nitrogens is 2. The number of benzene rings is 2. The number of methoxy groups -OCH3 is 2. The molecular weight excluding hydrogens is 529 g/mol. The zero-order valence-electron chi connectivity index (χ0n) is 20.5. The maximum absolute atomic E-state index is 12.4. The molecule has 4 heterocycles. The van der Waals surface area contributed by atoms with Crippen molar-refractivity contribution < 1.29 is 19.0 Å². The predicted molar refractivity (Wildman–Crippen MR) is 150 cm³/mol. The first-order chi connectivity index (χ1) is 18.1. The monoisotopic (exact) mass is 552 g/mol. The van der Waals surface area contributed by atoms with Crippen LogP contribution in [0.1, 0.15) is 17.4 Å². The molecule has 5 aromatic rings. The van der Waals surface area contributed by atoms with Crippen molar-refractivity contribution in [3.8, 4) is 22.1 Å². The highest BCUT2D eigenvalue weighted by atomic mass is 32.1. The van der Waals surface area contributed by atoms with Gasteiger partial charge in [-0.05, 0) is 37.1 Å². The summed E-state index contributed by atoms with van der Waals surface area (Å²) in [6, 6.07) is 12.0. The van der Waals surface area contributed by atoms with Gasteiger partial charge in [0.1, 0.15) is 27.0 Å². The van der Waals surface area contributed by atoms with E-state index in [1.807, 2.05) is 37.3 Å². The van der Waals surface area contributed by atoms with Gasteiger partial charge in [-0.15, -0.1) is 22.7 Å². The number of carbonyl (C=O) groups is 1. The van der Waals surface area contributed by atoms with E-state index in [1.165, 1.54) is 5.56 Å². The number of ether oxygens (including phenoxy) is 3. The Kier molecular flexibility index (Phi) is 6.35. The molecule has 1 aliphatic rings. The molecule has 1 N–H and O–H groups in total. The van der Waals surface area contributed by atoms with Crippen LogP contribution in [0.4, 0.5) is 14.9 Å². The molecule has 0 aliphatic carbocycles. The minimum Gasteiger partial charge on any atom is -0.497 e. The number of fused-ring (bicyclic) bond motifs is 3. The fourth-order valence-electron chi connectivity index (χ4n) is 4.47. The maximum Gasteiger partial charge on any atom is 0.410 e. The molecule has 2 aromatic carbocycles. The van der Waals surface area contributed by atoms with Crippen LogP contribution in [-0.4, -0.2) is 48.3 Å². The third-order valence-corrected chi connectivity index (χ3v) is 9.30. The Morgan fingerprint density at radius 3 is 2.73 bits per heavy atom. The first-order valence-electron chi connectivity index (χ1n) is 11.8. The highest BCUT2D eigenvalue weighted by Crippen LogP contribution is 2.47.